The highest BCUT2D eigenvalue weighted by atomic mass is 35.5. The second-order valence-electron chi connectivity index (χ2n) is 5.59. The molecule has 0 spiro atoms. The summed E-state index contributed by atoms with van der Waals surface area (Å²) in [7, 11) is -3.85. The molecule has 1 aromatic heterocycles. The third-order valence-corrected chi connectivity index (χ3v) is 7.01. The lowest BCUT2D eigenvalue weighted by atomic mass is 10.2. The summed E-state index contributed by atoms with van der Waals surface area (Å²) in [6, 6.07) is 7.10. The van der Waals surface area contributed by atoms with Gasteiger partial charge in [0.1, 0.15) is 10.7 Å². The van der Waals surface area contributed by atoms with Gasteiger partial charge in [-0.2, -0.15) is 4.31 Å². The molecule has 24 heavy (non-hydrogen) atoms. The van der Waals surface area contributed by atoms with Crippen LogP contribution >= 0.6 is 22.9 Å². The van der Waals surface area contributed by atoms with Crippen molar-refractivity contribution in [1.29, 1.82) is 0 Å². The Labute approximate surface area is 149 Å². The van der Waals surface area contributed by atoms with Crippen LogP contribution in [-0.4, -0.2) is 32.0 Å². The van der Waals surface area contributed by atoms with Crippen LogP contribution in [0.3, 0.4) is 0 Å². The number of hydrogen-bond acceptors (Lipinski definition) is 4. The summed E-state index contributed by atoms with van der Waals surface area (Å²) < 4.78 is 46.3. The molecule has 0 bridgehead atoms. The number of sulfonamides is 1. The van der Waals surface area contributed by atoms with Gasteiger partial charge in [-0.15, -0.1) is 11.3 Å². The molecule has 1 atom stereocenters. The van der Waals surface area contributed by atoms with Crippen LogP contribution in [0.15, 0.2) is 40.6 Å². The van der Waals surface area contributed by atoms with Gasteiger partial charge in [-0.05, 0) is 42.5 Å². The minimum Gasteiger partial charge on any atom is -0.377 e. The van der Waals surface area contributed by atoms with E-state index in [1.54, 1.807) is 0 Å². The van der Waals surface area contributed by atoms with E-state index in [-0.39, 0.29) is 29.1 Å². The summed E-state index contributed by atoms with van der Waals surface area (Å²) >= 11 is 7.47. The van der Waals surface area contributed by atoms with E-state index in [0.717, 1.165) is 29.9 Å². The Morgan fingerprint density at radius 2 is 2.21 bits per heavy atom. The first-order chi connectivity index (χ1) is 11.5. The van der Waals surface area contributed by atoms with Gasteiger partial charge in [-0.1, -0.05) is 17.7 Å². The minimum absolute atomic E-state index is 0.0832. The summed E-state index contributed by atoms with van der Waals surface area (Å²) in [6.07, 6.45) is 1.63. The zero-order valence-electron chi connectivity index (χ0n) is 12.8. The monoisotopic (exact) mass is 389 g/mol. The predicted molar refractivity (Wildman–Crippen MR) is 92.3 cm³/mol. The van der Waals surface area contributed by atoms with E-state index in [1.807, 2.05) is 17.5 Å². The highest BCUT2D eigenvalue weighted by Gasteiger charge is 2.31. The average Bonchev–Trinajstić information content (AvgIpc) is 3.19. The van der Waals surface area contributed by atoms with Crippen molar-refractivity contribution in [2.75, 3.05) is 13.2 Å². The third kappa shape index (κ3) is 3.97. The molecule has 130 valence electrons. The van der Waals surface area contributed by atoms with Crippen LogP contribution in [0.5, 0.6) is 0 Å². The summed E-state index contributed by atoms with van der Waals surface area (Å²) in [6.45, 7) is 1.15. The van der Waals surface area contributed by atoms with E-state index in [9.17, 15) is 12.8 Å². The Kier molecular flexibility index (Phi) is 5.56. The molecule has 3 rings (SSSR count). The highest BCUT2D eigenvalue weighted by molar-refractivity contribution is 7.89. The Bertz CT molecular complexity index is 790. The third-order valence-electron chi connectivity index (χ3n) is 3.86. The van der Waals surface area contributed by atoms with Crippen molar-refractivity contribution in [3.05, 3.63) is 51.4 Å². The fourth-order valence-corrected chi connectivity index (χ4v) is 5.42. The van der Waals surface area contributed by atoms with Gasteiger partial charge in [0.25, 0.3) is 0 Å². The Balaban J connectivity index is 1.92. The standard InChI is InChI=1S/C16H17ClFNO3S2/c17-15-9-12(18)5-6-16(15)24(20,21)19(10-13-3-1-7-22-13)11-14-4-2-8-23-14/h2,4-6,8-9,13H,1,3,7,10-11H2/t13-/m1/s1. The second-order valence-corrected chi connectivity index (χ2v) is 8.93. The van der Waals surface area contributed by atoms with Crippen molar-refractivity contribution in [3.8, 4) is 0 Å². The number of benzene rings is 1. The molecule has 1 aliphatic heterocycles. The van der Waals surface area contributed by atoms with E-state index in [1.165, 1.54) is 21.7 Å². The van der Waals surface area contributed by atoms with Crippen molar-refractivity contribution >= 4 is 33.0 Å². The molecule has 0 aliphatic carbocycles. The smallest absolute Gasteiger partial charge is 0.244 e. The van der Waals surface area contributed by atoms with Crippen LogP contribution in [-0.2, 0) is 21.3 Å². The van der Waals surface area contributed by atoms with Gasteiger partial charge >= 0.3 is 0 Å². The number of hydrogen-bond donors (Lipinski definition) is 0. The van der Waals surface area contributed by atoms with Gasteiger partial charge in [0.2, 0.25) is 10.0 Å². The molecule has 0 N–H and O–H groups in total. The fraction of sp³-hybridized carbons (Fsp3) is 0.375. The van der Waals surface area contributed by atoms with E-state index in [2.05, 4.69) is 0 Å². The topological polar surface area (TPSA) is 46.6 Å². The molecule has 2 heterocycles. The molecular weight excluding hydrogens is 373 g/mol. The van der Waals surface area contributed by atoms with Crippen LogP contribution in [0, 0.1) is 5.82 Å². The lowest BCUT2D eigenvalue weighted by Gasteiger charge is -2.25. The molecule has 2 aromatic rings. The van der Waals surface area contributed by atoms with Gasteiger partial charge in [0.05, 0.1) is 11.1 Å². The molecule has 1 saturated heterocycles. The fourth-order valence-electron chi connectivity index (χ4n) is 2.66. The molecule has 0 amide bonds. The molecule has 0 radical (unpaired) electrons. The SMILES string of the molecule is O=S(=O)(c1ccc(F)cc1Cl)N(Cc1cccs1)C[C@H]1CCCO1. The van der Waals surface area contributed by atoms with Crippen molar-refractivity contribution < 1.29 is 17.5 Å². The first-order valence-electron chi connectivity index (χ1n) is 7.56. The van der Waals surface area contributed by atoms with E-state index >= 15 is 0 Å². The van der Waals surface area contributed by atoms with Gasteiger partial charge in [-0.25, -0.2) is 12.8 Å². The number of thiophene rings is 1. The number of nitrogens with zero attached hydrogens (tertiary/aromatic N) is 1. The van der Waals surface area contributed by atoms with Gasteiger partial charge in [-0.3, -0.25) is 0 Å². The van der Waals surface area contributed by atoms with Crippen LogP contribution in [0.2, 0.25) is 5.02 Å². The quantitative estimate of drug-likeness (QED) is 0.752. The largest absolute Gasteiger partial charge is 0.377 e. The second kappa shape index (κ2) is 7.49. The van der Waals surface area contributed by atoms with E-state index in [0.29, 0.717) is 6.61 Å². The first kappa shape index (κ1) is 17.8. The molecular formula is C16H17ClFNO3S2. The summed E-state index contributed by atoms with van der Waals surface area (Å²) in [4.78, 5) is 0.843. The molecule has 8 heteroatoms. The molecule has 1 aliphatic rings. The van der Waals surface area contributed by atoms with Crippen molar-refractivity contribution in [2.24, 2.45) is 0 Å². The average molecular weight is 390 g/mol. The number of halogens is 2. The van der Waals surface area contributed by atoms with Crippen molar-refractivity contribution in [2.45, 2.75) is 30.4 Å². The zero-order chi connectivity index (χ0) is 17.2. The van der Waals surface area contributed by atoms with Crippen molar-refractivity contribution in [3.63, 3.8) is 0 Å². The van der Waals surface area contributed by atoms with Crippen LogP contribution in [0.25, 0.3) is 0 Å². The first-order valence-corrected chi connectivity index (χ1v) is 10.3. The molecule has 1 aromatic carbocycles. The molecule has 1 fully saturated rings. The maximum absolute atomic E-state index is 13.3. The van der Waals surface area contributed by atoms with Crippen LogP contribution in [0.4, 0.5) is 4.39 Å². The summed E-state index contributed by atoms with van der Waals surface area (Å²) in [5, 5.41) is 1.79. The minimum atomic E-state index is -3.85. The molecule has 4 nitrogen and oxygen atoms in total. The highest BCUT2D eigenvalue weighted by Crippen LogP contribution is 2.28. The predicted octanol–water partition coefficient (Wildman–Crippen LogP) is 3.91. The lowest BCUT2D eigenvalue weighted by Crippen LogP contribution is -2.36. The zero-order valence-corrected chi connectivity index (χ0v) is 15.2. The number of rotatable bonds is 6. The van der Waals surface area contributed by atoms with Crippen LogP contribution < -0.4 is 0 Å². The number of ether oxygens (including phenoxy) is 1. The maximum atomic E-state index is 13.3. The van der Waals surface area contributed by atoms with Crippen LogP contribution in [0.1, 0.15) is 17.7 Å². The summed E-state index contributed by atoms with van der Waals surface area (Å²) in [5.41, 5.74) is 0. The lowest BCUT2D eigenvalue weighted by molar-refractivity contribution is 0.0927. The Morgan fingerprint density at radius 3 is 2.83 bits per heavy atom. The maximum Gasteiger partial charge on any atom is 0.244 e. The Morgan fingerprint density at radius 1 is 1.38 bits per heavy atom. The normalized spacial score (nSPS) is 18.4. The van der Waals surface area contributed by atoms with E-state index < -0.39 is 15.8 Å². The van der Waals surface area contributed by atoms with Gasteiger partial charge in [0, 0.05) is 24.6 Å². The molecule has 0 unspecified atom stereocenters. The molecule has 0 saturated carbocycles. The van der Waals surface area contributed by atoms with Gasteiger partial charge in [0.15, 0.2) is 0 Å². The van der Waals surface area contributed by atoms with Gasteiger partial charge < -0.3 is 4.74 Å². The van der Waals surface area contributed by atoms with E-state index in [4.69, 9.17) is 16.3 Å². The summed E-state index contributed by atoms with van der Waals surface area (Å²) in [5.74, 6) is -0.567. The van der Waals surface area contributed by atoms with Crippen molar-refractivity contribution in [1.82, 2.24) is 4.31 Å². The Hall–Kier alpha value is -0.990.